The van der Waals surface area contributed by atoms with Crippen LogP contribution >= 0.6 is 0 Å². The van der Waals surface area contributed by atoms with E-state index >= 15 is 0 Å². The zero-order valence-corrected chi connectivity index (χ0v) is 19.0. The van der Waals surface area contributed by atoms with Crippen molar-refractivity contribution < 1.29 is 40.3 Å². The molecule has 0 heterocycles. The molecule has 0 saturated heterocycles. The van der Waals surface area contributed by atoms with Crippen molar-refractivity contribution in [2.45, 2.75) is 56.3 Å². The molecule has 1 fully saturated rings. The highest BCUT2D eigenvalue weighted by Crippen LogP contribution is 2.43. The van der Waals surface area contributed by atoms with Crippen LogP contribution in [0.2, 0.25) is 0 Å². The maximum atomic E-state index is 13.5. The average Bonchev–Trinajstić information content (AvgIpc) is 3.16. The number of benzene rings is 2. The lowest BCUT2D eigenvalue weighted by molar-refractivity contribution is -0.143. The second-order valence-corrected chi connectivity index (χ2v) is 8.76. The van der Waals surface area contributed by atoms with Gasteiger partial charge in [0.1, 0.15) is 5.82 Å². The summed E-state index contributed by atoms with van der Waals surface area (Å²) in [5.74, 6) is -1.45. The SMILES string of the molecule is C[C@@H](O[C@H]1CC[C@@H](N(C)CC(N)=O)[C@@H]1c1ccc(F)cc1)c1cc(C(F)(F)F)cc(C(F)(F)F)c1. The quantitative estimate of drug-likeness (QED) is 0.493. The van der Waals surface area contributed by atoms with Crippen molar-refractivity contribution >= 4 is 5.91 Å². The van der Waals surface area contributed by atoms with Crippen molar-refractivity contribution in [2.24, 2.45) is 5.73 Å². The summed E-state index contributed by atoms with van der Waals surface area (Å²) in [6.07, 6.45) is -10.7. The molecule has 3 rings (SSSR count). The summed E-state index contributed by atoms with van der Waals surface area (Å²) in [5.41, 5.74) is 2.88. The number of primary amides is 1. The predicted molar refractivity (Wildman–Crippen MR) is 114 cm³/mol. The molecule has 2 aromatic carbocycles. The Morgan fingerprint density at radius 3 is 2.06 bits per heavy atom. The molecule has 0 spiro atoms. The van der Waals surface area contributed by atoms with Crippen LogP contribution in [0.4, 0.5) is 30.7 Å². The first kappa shape index (κ1) is 26.9. The first-order valence-corrected chi connectivity index (χ1v) is 10.9. The first-order chi connectivity index (χ1) is 16.2. The fourth-order valence-corrected chi connectivity index (χ4v) is 4.63. The minimum absolute atomic E-state index is 0.0623. The van der Waals surface area contributed by atoms with Gasteiger partial charge in [-0.3, -0.25) is 9.69 Å². The Labute approximate surface area is 197 Å². The maximum Gasteiger partial charge on any atom is 0.416 e. The standard InChI is InChI=1S/C24H25F7N2O2/c1-13(15-9-16(23(26,27)28)11-17(10-15)24(29,30)31)35-20-8-7-19(33(2)12-21(32)34)22(20)14-3-5-18(25)6-4-14/h3-6,9-11,13,19-20,22H,7-8,12H2,1-2H3,(H2,32,34)/t13-,19-,20+,22+/m1/s1. The first-order valence-electron chi connectivity index (χ1n) is 10.9. The second kappa shape index (κ2) is 10.1. The zero-order chi connectivity index (χ0) is 26.1. The molecular formula is C24H25F7N2O2. The molecule has 2 N–H and O–H groups in total. The highest BCUT2D eigenvalue weighted by molar-refractivity contribution is 5.75. The molecule has 1 amide bonds. The topological polar surface area (TPSA) is 55.6 Å². The van der Waals surface area contributed by atoms with Gasteiger partial charge in [0.25, 0.3) is 0 Å². The van der Waals surface area contributed by atoms with Gasteiger partial charge in [0.15, 0.2) is 0 Å². The van der Waals surface area contributed by atoms with E-state index < -0.39 is 53.3 Å². The number of nitrogens with zero attached hydrogens (tertiary/aromatic N) is 1. The van der Waals surface area contributed by atoms with Crippen molar-refractivity contribution in [1.29, 1.82) is 0 Å². The second-order valence-electron chi connectivity index (χ2n) is 8.76. The number of likely N-dealkylation sites (N-methyl/N-ethyl adjacent to an activating group) is 1. The van der Waals surface area contributed by atoms with E-state index in [1.54, 1.807) is 24.1 Å². The number of hydrogen-bond acceptors (Lipinski definition) is 3. The summed E-state index contributed by atoms with van der Waals surface area (Å²) in [5, 5.41) is 0. The molecule has 1 aliphatic carbocycles. The number of carbonyl (C=O) groups excluding carboxylic acids is 1. The molecule has 0 unspecified atom stereocenters. The van der Waals surface area contributed by atoms with Gasteiger partial charge in [-0.25, -0.2) is 4.39 Å². The smallest absolute Gasteiger partial charge is 0.370 e. The lowest BCUT2D eigenvalue weighted by Gasteiger charge is -2.33. The average molecular weight is 506 g/mol. The normalized spacial score (nSPS) is 21.9. The van der Waals surface area contributed by atoms with Crippen molar-refractivity contribution in [3.05, 3.63) is 70.5 Å². The van der Waals surface area contributed by atoms with Crippen LogP contribution in [0.1, 0.15) is 54.0 Å². The monoisotopic (exact) mass is 506 g/mol. The van der Waals surface area contributed by atoms with Gasteiger partial charge in [-0.2, -0.15) is 26.3 Å². The molecule has 2 aromatic rings. The van der Waals surface area contributed by atoms with Gasteiger partial charge < -0.3 is 10.5 Å². The lowest BCUT2D eigenvalue weighted by atomic mass is 9.91. The fraction of sp³-hybridized carbons (Fsp3) is 0.458. The van der Waals surface area contributed by atoms with Crippen molar-refractivity contribution in [1.82, 2.24) is 4.90 Å². The highest BCUT2D eigenvalue weighted by Gasteiger charge is 2.42. The molecule has 4 atom stereocenters. The predicted octanol–water partition coefficient (Wildman–Crippen LogP) is 5.67. The lowest BCUT2D eigenvalue weighted by Crippen LogP contribution is -2.41. The van der Waals surface area contributed by atoms with Crippen LogP contribution in [0, 0.1) is 5.82 Å². The van der Waals surface area contributed by atoms with Crippen molar-refractivity contribution in [2.75, 3.05) is 13.6 Å². The van der Waals surface area contributed by atoms with Crippen LogP contribution in [0.25, 0.3) is 0 Å². The summed E-state index contributed by atoms with van der Waals surface area (Å²) in [6.45, 7) is 1.32. The highest BCUT2D eigenvalue weighted by atomic mass is 19.4. The number of ether oxygens (including phenoxy) is 1. The third-order valence-electron chi connectivity index (χ3n) is 6.25. The van der Waals surface area contributed by atoms with Crippen molar-refractivity contribution in [3.63, 3.8) is 0 Å². The Kier molecular flexibility index (Phi) is 7.80. The van der Waals surface area contributed by atoms with Crippen LogP contribution in [-0.4, -0.2) is 36.5 Å². The van der Waals surface area contributed by atoms with Gasteiger partial charge in [-0.15, -0.1) is 0 Å². The number of amides is 1. The van der Waals surface area contributed by atoms with E-state index in [9.17, 15) is 35.5 Å². The van der Waals surface area contributed by atoms with E-state index in [2.05, 4.69) is 0 Å². The Morgan fingerprint density at radius 1 is 1.03 bits per heavy atom. The number of halogens is 7. The van der Waals surface area contributed by atoms with Gasteiger partial charge in [0.05, 0.1) is 29.9 Å². The molecule has 4 nitrogen and oxygen atoms in total. The Bertz CT molecular complexity index is 1010. The van der Waals surface area contributed by atoms with Gasteiger partial charge in [-0.1, -0.05) is 12.1 Å². The van der Waals surface area contributed by atoms with Crippen LogP contribution in [0.5, 0.6) is 0 Å². The molecule has 0 aliphatic heterocycles. The van der Waals surface area contributed by atoms with Crippen LogP contribution < -0.4 is 5.73 Å². The van der Waals surface area contributed by atoms with Crippen LogP contribution in [0.15, 0.2) is 42.5 Å². The van der Waals surface area contributed by atoms with Crippen LogP contribution in [0.3, 0.4) is 0 Å². The fourth-order valence-electron chi connectivity index (χ4n) is 4.63. The molecule has 35 heavy (non-hydrogen) atoms. The molecule has 11 heteroatoms. The van der Waals surface area contributed by atoms with E-state index in [-0.39, 0.29) is 24.2 Å². The van der Waals surface area contributed by atoms with E-state index in [0.717, 1.165) is 0 Å². The molecule has 0 radical (unpaired) electrons. The van der Waals surface area contributed by atoms with E-state index in [4.69, 9.17) is 10.5 Å². The van der Waals surface area contributed by atoms with Gasteiger partial charge in [0, 0.05) is 12.0 Å². The minimum atomic E-state index is -4.97. The number of rotatable bonds is 7. The number of nitrogens with two attached hydrogens (primary N) is 1. The third-order valence-corrected chi connectivity index (χ3v) is 6.25. The van der Waals surface area contributed by atoms with Gasteiger partial charge in [-0.05, 0) is 68.3 Å². The number of hydrogen-bond donors (Lipinski definition) is 1. The van der Waals surface area contributed by atoms with Gasteiger partial charge >= 0.3 is 12.4 Å². The van der Waals surface area contributed by atoms with Crippen molar-refractivity contribution in [3.8, 4) is 0 Å². The summed E-state index contributed by atoms with van der Waals surface area (Å²) in [7, 11) is 1.68. The number of carbonyl (C=O) groups is 1. The Hall–Kier alpha value is -2.66. The van der Waals surface area contributed by atoms with E-state index in [0.29, 0.717) is 30.5 Å². The number of alkyl halides is 6. The minimum Gasteiger partial charge on any atom is -0.370 e. The Balaban J connectivity index is 1.94. The molecule has 1 aliphatic rings. The molecular weight excluding hydrogens is 481 g/mol. The largest absolute Gasteiger partial charge is 0.416 e. The Morgan fingerprint density at radius 2 is 1.57 bits per heavy atom. The zero-order valence-electron chi connectivity index (χ0n) is 19.0. The van der Waals surface area contributed by atoms with E-state index in [1.165, 1.54) is 19.1 Å². The molecule has 0 aromatic heterocycles. The summed E-state index contributed by atoms with van der Waals surface area (Å²) in [4.78, 5) is 13.2. The van der Waals surface area contributed by atoms with Crippen LogP contribution in [-0.2, 0) is 21.9 Å². The summed E-state index contributed by atoms with van der Waals surface area (Å²) < 4.78 is 99.3. The maximum absolute atomic E-state index is 13.5. The molecule has 0 bridgehead atoms. The summed E-state index contributed by atoms with van der Waals surface area (Å²) in [6, 6.07) is 6.70. The van der Waals surface area contributed by atoms with Gasteiger partial charge in [0.2, 0.25) is 5.91 Å². The third kappa shape index (κ3) is 6.52. The van der Waals surface area contributed by atoms with E-state index in [1.807, 2.05) is 0 Å². The molecule has 1 saturated carbocycles. The summed E-state index contributed by atoms with van der Waals surface area (Å²) >= 11 is 0. The molecule has 192 valence electrons.